The molecule has 2 rings (SSSR count). The third kappa shape index (κ3) is 2.33. The molecule has 0 aliphatic rings. The van der Waals surface area contributed by atoms with Gasteiger partial charge in [-0.2, -0.15) is 15.0 Å². The van der Waals surface area contributed by atoms with Gasteiger partial charge in [0.25, 0.3) is 0 Å². The van der Waals surface area contributed by atoms with E-state index in [9.17, 15) is 0 Å². The number of rotatable bonds is 2. The first-order chi connectivity index (χ1) is 8.08. The van der Waals surface area contributed by atoms with Gasteiger partial charge < -0.3 is 10.6 Å². The second-order valence-electron chi connectivity index (χ2n) is 4.03. The van der Waals surface area contributed by atoms with E-state index in [4.69, 9.17) is 5.73 Å². The minimum atomic E-state index is 0.238. The van der Waals surface area contributed by atoms with E-state index in [2.05, 4.69) is 15.0 Å². The maximum absolute atomic E-state index is 5.70. The van der Waals surface area contributed by atoms with Crippen molar-refractivity contribution in [2.45, 2.75) is 6.92 Å². The van der Waals surface area contributed by atoms with Gasteiger partial charge in [0.15, 0.2) is 5.82 Å². The Balaban J connectivity index is 2.56. The first kappa shape index (κ1) is 11.3. The summed E-state index contributed by atoms with van der Waals surface area (Å²) in [5, 5.41) is 0. The van der Waals surface area contributed by atoms with Gasteiger partial charge in [0.05, 0.1) is 0 Å². The number of aromatic nitrogens is 3. The Kier molecular flexibility index (Phi) is 2.91. The highest BCUT2D eigenvalue weighted by atomic mass is 15.3. The minimum absolute atomic E-state index is 0.238. The normalized spacial score (nSPS) is 10.3. The van der Waals surface area contributed by atoms with Crippen LogP contribution in [0.15, 0.2) is 24.3 Å². The fourth-order valence-corrected chi connectivity index (χ4v) is 1.52. The summed E-state index contributed by atoms with van der Waals surface area (Å²) in [7, 11) is 3.74. The number of nitrogens with two attached hydrogens (primary N) is 1. The van der Waals surface area contributed by atoms with E-state index >= 15 is 0 Å². The van der Waals surface area contributed by atoms with Crippen LogP contribution < -0.4 is 10.6 Å². The molecule has 0 aliphatic carbocycles. The predicted octanol–water partition coefficient (Wildman–Crippen LogP) is 1.50. The third-order valence-electron chi connectivity index (χ3n) is 2.43. The molecule has 88 valence electrons. The van der Waals surface area contributed by atoms with Crippen molar-refractivity contribution in [2.24, 2.45) is 0 Å². The molecule has 0 saturated carbocycles. The topological polar surface area (TPSA) is 67.9 Å². The number of hydrogen-bond donors (Lipinski definition) is 1. The molecule has 17 heavy (non-hydrogen) atoms. The molecule has 0 fully saturated rings. The van der Waals surface area contributed by atoms with Crippen molar-refractivity contribution in [3.05, 3.63) is 29.8 Å². The second kappa shape index (κ2) is 4.37. The van der Waals surface area contributed by atoms with Crippen molar-refractivity contribution in [3.63, 3.8) is 0 Å². The molecule has 1 aromatic carbocycles. The molecule has 0 atom stereocenters. The van der Waals surface area contributed by atoms with Gasteiger partial charge in [-0.15, -0.1) is 0 Å². The van der Waals surface area contributed by atoms with Gasteiger partial charge in [-0.05, 0) is 12.5 Å². The SMILES string of the molecule is Cc1ccccc1-c1nc(N)nc(N(C)C)n1. The fraction of sp³-hybridized carbons (Fsp3) is 0.250. The van der Waals surface area contributed by atoms with E-state index in [1.165, 1.54) is 0 Å². The van der Waals surface area contributed by atoms with Gasteiger partial charge >= 0.3 is 0 Å². The number of aryl methyl sites for hydroxylation is 1. The number of nitrogens with zero attached hydrogens (tertiary/aromatic N) is 4. The van der Waals surface area contributed by atoms with E-state index in [0.717, 1.165) is 11.1 Å². The second-order valence-corrected chi connectivity index (χ2v) is 4.03. The lowest BCUT2D eigenvalue weighted by molar-refractivity contribution is 0.969. The lowest BCUT2D eigenvalue weighted by atomic mass is 10.1. The molecule has 1 aromatic heterocycles. The standard InChI is InChI=1S/C12H15N5/c1-8-6-4-5-7-9(8)10-14-11(13)16-12(15-10)17(2)3/h4-7H,1-3H3,(H2,13,14,15,16). The molecule has 0 spiro atoms. The van der Waals surface area contributed by atoms with Gasteiger partial charge in [-0.3, -0.25) is 0 Å². The molecule has 0 saturated heterocycles. The monoisotopic (exact) mass is 229 g/mol. The van der Waals surface area contributed by atoms with Gasteiger partial charge in [0, 0.05) is 19.7 Å². The van der Waals surface area contributed by atoms with Crippen LogP contribution in [0.2, 0.25) is 0 Å². The Labute approximate surface area is 100 Å². The van der Waals surface area contributed by atoms with Gasteiger partial charge in [0.1, 0.15) is 0 Å². The van der Waals surface area contributed by atoms with E-state index in [-0.39, 0.29) is 5.95 Å². The van der Waals surface area contributed by atoms with Crippen LogP contribution in [0.4, 0.5) is 11.9 Å². The summed E-state index contributed by atoms with van der Waals surface area (Å²) in [5.41, 5.74) is 7.79. The average molecular weight is 229 g/mol. The summed E-state index contributed by atoms with van der Waals surface area (Å²) in [6, 6.07) is 7.93. The molecule has 0 bridgehead atoms. The van der Waals surface area contributed by atoms with Crippen LogP contribution in [0.1, 0.15) is 5.56 Å². The highest BCUT2D eigenvalue weighted by Crippen LogP contribution is 2.21. The summed E-state index contributed by atoms with van der Waals surface area (Å²) in [4.78, 5) is 14.4. The van der Waals surface area contributed by atoms with Crippen molar-refractivity contribution in [3.8, 4) is 11.4 Å². The van der Waals surface area contributed by atoms with E-state index in [0.29, 0.717) is 11.8 Å². The van der Waals surface area contributed by atoms with Gasteiger partial charge in [0.2, 0.25) is 11.9 Å². The van der Waals surface area contributed by atoms with Crippen LogP contribution in [0.3, 0.4) is 0 Å². The van der Waals surface area contributed by atoms with Crippen molar-refractivity contribution in [2.75, 3.05) is 24.7 Å². The highest BCUT2D eigenvalue weighted by Gasteiger charge is 2.09. The maximum Gasteiger partial charge on any atom is 0.230 e. The maximum atomic E-state index is 5.70. The smallest absolute Gasteiger partial charge is 0.230 e. The van der Waals surface area contributed by atoms with E-state index in [1.807, 2.05) is 45.3 Å². The minimum Gasteiger partial charge on any atom is -0.368 e. The Morgan fingerprint density at radius 1 is 1.06 bits per heavy atom. The van der Waals surface area contributed by atoms with E-state index < -0.39 is 0 Å². The molecule has 0 aliphatic heterocycles. The van der Waals surface area contributed by atoms with Crippen LogP contribution in [0, 0.1) is 6.92 Å². The van der Waals surface area contributed by atoms with Crippen molar-refractivity contribution in [1.29, 1.82) is 0 Å². The molecule has 5 nitrogen and oxygen atoms in total. The number of anilines is 2. The Bertz CT molecular complexity index is 536. The molecule has 1 heterocycles. The van der Waals surface area contributed by atoms with E-state index in [1.54, 1.807) is 4.90 Å². The molecule has 5 heteroatoms. The van der Waals surface area contributed by atoms with Crippen LogP contribution in [-0.4, -0.2) is 29.0 Å². The van der Waals surface area contributed by atoms with Gasteiger partial charge in [-0.25, -0.2) is 0 Å². The molecular weight excluding hydrogens is 214 g/mol. The molecule has 0 unspecified atom stereocenters. The lowest BCUT2D eigenvalue weighted by Gasteiger charge is -2.12. The zero-order valence-electron chi connectivity index (χ0n) is 10.2. The van der Waals surface area contributed by atoms with Crippen LogP contribution in [0.5, 0.6) is 0 Å². The molecule has 0 radical (unpaired) electrons. The summed E-state index contributed by atoms with van der Waals surface area (Å²) in [6.07, 6.45) is 0. The largest absolute Gasteiger partial charge is 0.368 e. The summed E-state index contributed by atoms with van der Waals surface area (Å²) in [5.74, 6) is 1.41. The zero-order chi connectivity index (χ0) is 12.4. The Hall–Kier alpha value is -2.17. The molecule has 0 amide bonds. The first-order valence-corrected chi connectivity index (χ1v) is 5.33. The average Bonchev–Trinajstić information content (AvgIpc) is 2.28. The van der Waals surface area contributed by atoms with Crippen molar-refractivity contribution >= 4 is 11.9 Å². The summed E-state index contributed by atoms with van der Waals surface area (Å²) >= 11 is 0. The Morgan fingerprint density at radius 2 is 1.76 bits per heavy atom. The molecule has 2 aromatic rings. The molecule has 2 N–H and O–H groups in total. The predicted molar refractivity (Wildman–Crippen MR) is 68.7 cm³/mol. The molecular formula is C12H15N5. The van der Waals surface area contributed by atoms with Gasteiger partial charge in [-0.1, -0.05) is 24.3 Å². The Morgan fingerprint density at radius 3 is 2.41 bits per heavy atom. The third-order valence-corrected chi connectivity index (χ3v) is 2.43. The van der Waals surface area contributed by atoms with Crippen LogP contribution in [0.25, 0.3) is 11.4 Å². The summed E-state index contributed by atoms with van der Waals surface area (Å²) < 4.78 is 0. The number of benzene rings is 1. The highest BCUT2D eigenvalue weighted by molar-refractivity contribution is 5.61. The quantitative estimate of drug-likeness (QED) is 0.845. The van der Waals surface area contributed by atoms with Crippen LogP contribution in [-0.2, 0) is 0 Å². The zero-order valence-corrected chi connectivity index (χ0v) is 10.2. The fourth-order valence-electron chi connectivity index (χ4n) is 1.52. The lowest BCUT2D eigenvalue weighted by Crippen LogP contribution is -2.15. The summed E-state index contributed by atoms with van der Waals surface area (Å²) in [6.45, 7) is 2.02. The number of hydrogen-bond acceptors (Lipinski definition) is 5. The number of nitrogen functional groups attached to an aromatic ring is 1. The first-order valence-electron chi connectivity index (χ1n) is 5.33. The van der Waals surface area contributed by atoms with Crippen LogP contribution >= 0.6 is 0 Å². The van der Waals surface area contributed by atoms with Crippen molar-refractivity contribution < 1.29 is 0 Å². The van der Waals surface area contributed by atoms with Crippen molar-refractivity contribution in [1.82, 2.24) is 15.0 Å².